The lowest BCUT2D eigenvalue weighted by Crippen LogP contribution is -2.26. The van der Waals surface area contributed by atoms with Crippen molar-refractivity contribution >= 4 is 17.4 Å². The Labute approximate surface area is 104 Å². The van der Waals surface area contributed by atoms with Crippen LogP contribution in [-0.2, 0) is 10.2 Å². The molecule has 0 radical (unpaired) electrons. The molecule has 4 heteroatoms. The summed E-state index contributed by atoms with van der Waals surface area (Å²) in [5.74, 6) is -1.46. The first-order chi connectivity index (χ1) is 8.14. The Morgan fingerprint density at radius 2 is 1.76 bits per heavy atom. The van der Waals surface area contributed by atoms with Crippen molar-refractivity contribution in [2.45, 2.75) is 18.3 Å². The number of hydrogen-bond donors (Lipinski definition) is 0. The van der Waals surface area contributed by atoms with Gasteiger partial charge >= 0.3 is 0 Å². The third-order valence-corrected chi connectivity index (χ3v) is 3.39. The molecular formula is C13H9ClN2O. The summed E-state index contributed by atoms with van der Waals surface area (Å²) in [5.41, 5.74) is 0.225. The smallest absolute Gasteiger partial charge is 0.192 e. The topological polar surface area (TPSA) is 64.7 Å². The van der Waals surface area contributed by atoms with Gasteiger partial charge in [0.05, 0.1) is 17.6 Å². The fourth-order valence-electron chi connectivity index (χ4n) is 1.99. The van der Waals surface area contributed by atoms with E-state index in [1.165, 1.54) is 0 Å². The first kappa shape index (κ1) is 11.6. The van der Waals surface area contributed by atoms with E-state index in [4.69, 9.17) is 22.1 Å². The molecule has 3 nitrogen and oxygen atoms in total. The van der Waals surface area contributed by atoms with Crippen LogP contribution in [0.5, 0.6) is 0 Å². The highest BCUT2D eigenvalue weighted by atomic mass is 35.5. The van der Waals surface area contributed by atoms with Crippen LogP contribution in [0.2, 0.25) is 5.02 Å². The second kappa shape index (κ2) is 4.20. The molecule has 0 unspecified atom stereocenters. The van der Waals surface area contributed by atoms with Crippen LogP contribution in [0.1, 0.15) is 18.4 Å². The lowest BCUT2D eigenvalue weighted by Gasteiger charge is -2.14. The Morgan fingerprint density at radius 1 is 1.24 bits per heavy atom. The third kappa shape index (κ3) is 1.90. The monoisotopic (exact) mass is 244 g/mol. The Hall–Kier alpha value is -1.84. The number of nitrogens with zero attached hydrogens (tertiary/aromatic N) is 2. The summed E-state index contributed by atoms with van der Waals surface area (Å²) < 4.78 is 0. The van der Waals surface area contributed by atoms with E-state index in [1.54, 1.807) is 36.4 Å². The van der Waals surface area contributed by atoms with Crippen molar-refractivity contribution in [1.29, 1.82) is 10.5 Å². The van der Waals surface area contributed by atoms with Crippen LogP contribution >= 0.6 is 11.6 Å². The predicted molar refractivity (Wildman–Crippen MR) is 62.1 cm³/mol. The van der Waals surface area contributed by atoms with Crippen LogP contribution in [0.15, 0.2) is 24.3 Å². The van der Waals surface area contributed by atoms with Gasteiger partial charge in [0.15, 0.2) is 11.7 Å². The van der Waals surface area contributed by atoms with Crippen molar-refractivity contribution in [3.63, 3.8) is 0 Å². The van der Waals surface area contributed by atoms with Gasteiger partial charge in [-0.1, -0.05) is 23.7 Å². The summed E-state index contributed by atoms with van der Waals surface area (Å²) in [6.07, 6.45) is 1.40. The molecular weight excluding hydrogens is 236 g/mol. The van der Waals surface area contributed by atoms with Crippen LogP contribution in [0.25, 0.3) is 0 Å². The van der Waals surface area contributed by atoms with E-state index < -0.39 is 11.3 Å². The molecule has 0 atom stereocenters. The molecule has 1 fully saturated rings. The molecule has 2 rings (SSSR count). The van der Waals surface area contributed by atoms with Crippen LogP contribution in [0.4, 0.5) is 0 Å². The van der Waals surface area contributed by atoms with E-state index in [2.05, 4.69) is 0 Å². The highest BCUT2D eigenvalue weighted by Gasteiger charge is 2.53. The summed E-state index contributed by atoms with van der Waals surface area (Å²) in [6.45, 7) is 0. The predicted octanol–water partition coefficient (Wildman–Crippen LogP) is 2.60. The molecule has 0 aromatic heterocycles. The number of halogens is 1. The highest BCUT2D eigenvalue weighted by molar-refractivity contribution is 6.30. The average Bonchev–Trinajstić information content (AvgIpc) is 3.13. The molecule has 1 aromatic carbocycles. The zero-order chi connectivity index (χ0) is 12.5. The molecule has 84 valence electrons. The number of nitriles is 2. The molecule has 0 bridgehead atoms. The Kier molecular flexibility index (Phi) is 2.88. The van der Waals surface area contributed by atoms with Gasteiger partial charge in [-0.15, -0.1) is 0 Å². The molecule has 0 N–H and O–H groups in total. The number of Topliss-reactive ketones (excluding diaryl/α,β-unsaturated/α-hetero) is 1. The van der Waals surface area contributed by atoms with Gasteiger partial charge in [-0.3, -0.25) is 4.79 Å². The maximum absolute atomic E-state index is 12.1. The standard InChI is InChI=1S/C13H9ClN2O/c14-11-3-1-10(2-4-11)13(5-6-13)12(17)9(7-15)8-16/h1-4,9H,5-6H2. The molecule has 0 aliphatic heterocycles. The second-order valence-electron chi connectivity index (χ2n) is 4.14. The zero-order valence-electron chi connectivity index (χ0n) is 8.98. The number of hydrogen-bond acceptors (Lipinski definition) is 3. The van der Waals surface area contributed by atoms with Crippen molar-refractivity contribution in [3.05, 3.63) is 34.9 Å². The molecule has 1 aliphatic carbocycles. The van der Waals surface area contributed by atoms with E-state index in [-0.39, 0.29) is 5.78 Å². The van der Waals surface area contributed by atoms with Crippen LogP contribution < -0.4 is 0 Å². The summed E-state index contributed by atoms with van der Waals surface area (Å²) in [5, 5.41) is 18.1. The fraction of sp³-hybridized carbons (Fsp3) is 0.308. The van der Waals surface area contributed by atoms with E-state index >= 15 is 0 Å². The number of carbonyl (C=O) groups is 1. The van der Waals surface area contributed by atoms with E-state index in [9.17, 15) is 4.79 Å². The van der Waals surface area contributed by atoms with Crippen LogP contribution in [-0.4, -0.2) is 5.78 Å². The molecule has 0 saturated heterocycles. The highest BCUT2D eigenvalue weighted by Crippen LogP contribution is 2.50. The van der Waals surface area contributed by atoms with E-state index in [0.717, 1.165) is 5.56 Å². The van der Waals surface area contributed by atoms with E-state index in [0.29, 0.717) is 17.9 Å². The van der Waals surface area contributed by atoms with Gasteiger partial charge in [0.1, 0.15) is 0 Å². The molecule has 17 heavy (non-hydrogen) atoms. The lowest BCUT2D eigenvalue weighted by molar-refractivity contribution is -0.122. The molecule has 1 aliphatic rings. The van der Waals surface area contributed by atoms with Crippen LogP contribution in [0.3, 0.4) is 0 Å². The normalized spacial score (nSPS) is 16.0. The average molecular weight is 245 g/mol. The molecule has 1 aromatic rings. The van der Waals surface area contributed by atoms with Gasteiger partial charge < -0.3 is 0 Å². The van der Waals surface area contributed by atoms with Gasteiger partial charge in [-0.25, -0.2) is 0 Å². The van der Waals surface area contributed by atoms with Crippen molar-refractivity contribution in [3.8, 4) is 12.1 Å². The maximum Gasteiger partial charge on any atom is 0.192 e. The van der Waals surface area contributed by atoms with Gasteiger partial charge in [-0.2, -0.15) is 10.5 Å². The SMILES string of the molecule is N#CC(C#N)C(=O)C1(c2ccc(Cl)cc2)CC1. The quantitative estimate of drug-likeness (QED) is 0.821. The Morgan fingerprint density at radius 3 is 2.18 bits per heavy atom. The molecule has 0 heterocycles. The van der Waals surface area contributed by atoms with Crippen molar-refractivity contribution in [2.24, 2.45) is 5.92 Å². The number of benzene rings is 1. The van der Waals surface area contributed by atoms with Crippen LogP contribution in [0, 0.1) is 28.6 Å². The second-order valence-corrected chi connectivity index (χ2v) is 4.58. The van der Waals surface area contributed by atoms with Gasteiger partial charge in [0.25, 0.3) is 0 Å². The molecule has 0 amide bonds. The third-order valence-electron chi connectivity index (χ3n) is 3.14. The Balaban J connectivity index is 2.33. The van der Waals surface area contributed by atoms with Crippen molar-refractivity contribution in [2.75, 3.05) is 0 Å². The first-order valence-electron chi connectivity index (χ1n) is 5.23. The fourth-order valence-corrected chi connectivity index (χ4v) is 2.12. The largest absolute Gasteiger partial charge is 0.296 e. The van der Waals surface area contributed by atoms with Crippen molar-refractivity contribution in [1.82, 2.24) is 0 Å². The molecule has 1 saturated carbocycles. The summed E-state index contributed by atoms with van der Waals surface area (Å²) in [4.78, 5) is 12.1. The lowest BCUT2D eigenvalue weighted by atomic mass is 9.85. The molecule has 0 spiro atoms. The van der Waals surface area contributed by atoms with Gasteiger partial charge in [-0.05, 0) is 30.5 Å². The minimum absolute atomic E-state index is 0.287. The van der Waals surface area contributed by atoms with Gasteiger partial charge in [0, 0.05) is 5.02 Å². The van der Waals surface area contributed by atoms with Crippen molar-refractivity contribution < 1.29 is 4.79 Å². The first-order valence-corrected chi connectivity index (χ1v) is 5.61. The van der Waals surface area contributed by atoms with Gasteiger partial charge in [0.2, 0.25) is 0 Å². The summed E-state index contributed by atoms with van der Waals surface area (Å²) in [7, 11) is 0. The minimum atomic E-state index is -1.17. The maximum atomic E-state index is 12.1. The van der Waals surface area contributed by atoms with E-state index in [1.807, 2.05) is 0 Å². The summed E-state index contributed by atoms with van der Waals surface area (Å²) >= 11 is 5.79. The minimum Gasteiger partial charge on any atom is -0.296 e. The Bertz CT molecular complexity index is 518. The number of rotatable bonds is 3. The number of ketones is 1. The zero-order valence-corrected chi connectivity index (χ0v) is 9.74. The summed E-state index contributed by atoms with van der Waals surface area (Å²) in [6, 6.07) is 10.5. The number of carbonyl (C=O) groups excluding carboxylic acids is 1.